The summed E-state index contributed by atoms with van der Waals surface area (Å²) in [4.78, 5) is 25.1. The van der Waals surface area contributed by atoms with Crippen LogP contribution in [-0.4, -0.2) is 49.1 Å². The van der Waals surface area contributed by atoms with Gasteiger partial charge in [-0.05, 0) is 84.1 Å². The normalized spacial score (nSPS) is 14.2. The van der Waals surface area contributed by atoms with Crippen LogP contribution in [0.4, 0.5) is 4.79 Å². The van der Waals surface area contributed by atoms with E-state index in [-0.39, 0.29) is 5.92 Å². The van der Waals surface area contributed by atoms with Gasteiger partial charge >= 0.3 is 12.1 Å². The summed E-state index contributed by atoms with van der Waals surface area (Å²) in [6, 6.07) is 15.6. The van der Waals surface area contributed by atoms with Gasteiger partial charge in [0, 0.05) is 18.9 Å². The van der Waals surface area contributed by atoms with Crippen LogP contribution in [0.15, 0.2) is 48.5 Å². The van der Waals surface area contributed by atoms with Gasteiger partial charge in [0.15, 0.2) is 0 Å². The van der Waals surface area contributed by atoms with Gasteiger partial charge in [-0.1, -0.05) is 49.4 Å². The smallest absolute Gasteiger partial charge is 0.408 e. The van der Waals surface area contributed by atoms with Crippen LogP contribution in [0.5, 0.6) is 5.75 Å². The SMILES string of the molecule is CCCOC(C)(C)[C@@H](Cc1ccc(OC)c(Cc2ccccc2)c1)[C@H](C)OC(=O)[C@H](C)NC(=O)OC(C)(C)C. The van der Waals surface area contributed by atoms with E-state index in [0.717, 1.165) is 29.7 Å². The summed E-state index contributed by atoms with van der Waals surface area (Å²) in [7, 11) is 1.68. The van der Waals surface area contributed by atoms with E-state index in [1.54, 1.807) is 34.8 Å². The zero-order chi connectivity index (χ0) is 29.2. The molecule has 0 aliphatic rings. The summed E-state index contributed by atoms with van der Waals surface area (Å²) in [6.45, 7) is 15.5. The van der Waals surface area contributed by atoms with Crippen LogP contribution < -0.4 is 10.1 Å². The summed E-state index contributed by atoms with van der Waals surface area (Å²) in [5.41, 5.74) is 2.15. The second-order valence-corrected chi connectivity index (χ2v) is 11.6. The number of hydrogen-bond donors (Lipinski definition) is 1. The lowest BCUT2D eigenvalue weighted by molar-refractivity contribution is -0.161. The van der Waals surface area contributed by atoms with E-state index in [2.05, 4.69) is 36.5 Å². The zero-order valence-electron chi connectivity index (χ0n) is 25.1. The van der Waals surface area contributed by atoms with Crippen molar-refractivity contribution in [3.8, 4) is 5.75 Å². The molecule has 2 aromatic carbocycles. The molecule has 2 rings (SSSR count). The van der Waals surface area contributed by atoms with Crippen molar-refractivity contribution in [1.29, 1.82) is 0 Å². The molecule has 0 aliphatic heterocycles. The van der Waals surface area contributed by atoms with E-state index >= 15 is 0 Å². The van der Waals surface area contributed by atoms with Gasteiger partial charge in [0.25, 0.3) is 0 Å². The third-order valence-electron chi connectivity index (χ3n) is 6.56. The van der Waals surface area contributed by atoms with Crippen LogP contribution in [-0.2, 0) is 31.8 Å². The third-order valence-corrected chi connectivity index (χ3v) is 6.56. The zero-order valence-corrected chi connectivity index (χ0v) is 25.1. The highest BCUT2D eigenvalue weighted by Crippen LogP contribution is 2.32. The van der Waals surface area contributed by atoms with Crippen LogP contribution in [0.3, 0.4) is 0 Å². The molecule has 0 fully saturated rings. The molecule has 7 nitrogen and oxygen atoms in total. The van der Waals surface area contributed by atoms with Crippen molar-refractivity contribution in [2.75, 3.05) is 13.7 Å². The van der Waals surface area contributed by atoms with Gasteiger partial charge in [0.05, 0.1) is 12.7 Å². The number of amides is 1. The lowest BCUT2D eigenvalue weighted by Crippen LogP contribution is -2.47. The highest BCUT2D eigenvalue weighted by Gasteiger charge is 2.37. The minimum Gasteiger partial charge on any atom is -0.496 e. The Labute approximate surface area is 234 Å². The van der Waals surface area contributed by atoms with E-state index in [1.807, 2.05) is 45.0 Å². The Morgan fingerprint density at radius 2 is 1.62 bits per heavy atom. The Morgan fingerprint density at radius 1 is 0.949 bits per heavy atom. The molecule has 0 heterocycles. The number of carbonyl (C=O) groups is 2. The minimum atomic E-state index is -0.860. The van der Waals surface area contributed by atoms with Crippen LogP contribution in [0.1, 0.15) is 78.5 Å². The first-order chi connectivity index (χ1) is 18.3. The number of methoxy groups -OCH3 is 1. The first kappa shape index (κ1) is 32.2. The maximum absolute atomic E-state index is 12.9. The number of carbonyl (C=O) groups excluding carboxylic acids is 2. The van der Waals surface area contributed by atoms with Crippen molar-refractivity contribution < 1.29 is 28.5 Å². The molecule has 39 heavy (non-hydrogen) atoms. The number of esters is 1. The fourth-order valence-corrected chi connectivity index (χ4v) is 4.53. The fraction of sp³-hybridized carbons (Fsp3) is 0.562. The molecule has 216 valence electrons. The quantitative estimate of drug-likeness (QED) is 0.292. The Bertz CT molecular complexity index is 1060. The highest BCUT2D eigenvalue weighted by atomic mass is 16.6. The van der Waals surface area contributed by atoms with Crippen LogP contribution in [0.25, 0.3) is 0 Å². The summed E-state index contributed by atoms with van der Waals surface area (Å²) < 4.78 is 23.1. The van der Waals surface area contributed by atoms with E-state index in [9.17, 15) is 9.59 Å². The molecule has 0 aromatic heterocycles. The molecule has 7 heteroatoms. The van der Waals surface area contributed by atoms with E-state index in [4.69, 9.17) is 18.9 Å². The van der Waals surface area contributed by atoms with Crippen LogP contribution >= 0.6 is 0 Å². The van der Waals surface area contributed by atoms with E-state index in [1.165, 1.54) is 5.56 Å². The highest BCUT2D eigenvalue weighted by molar-refractivity contribution is 5.81. The van der Waals surface area contributed by atoms with Crippen LogP contribution in [0, 0.1) is 5.92 Å². The summed E-state index contributed by atoms with van der Waals surface area (Å²) in [6.07, 6.45) is 1.12. The largest absolute Gasteiger partial charge is 0.496 e. The molecule has 0 unspecified atom stereocenters. The fourth-order valence-electron chi connectivity index (χ4n) is 4.53. The number of rotatable bonds is 13. The van der Waals surface area contributed by atoms with E-state index < -0.39 is 35.4 Å². The Morgan fingerprint density at radius 3 is 2.21 bits per heavy atom. The summed E-state index contributed by atoms with van der Waals surface area (Å²) >= 11 is 0. The molecule has 0 radical (unpaired) electrons. The monoisotopic (exact) mass is 541 g/mol. The first-order valence-electron chi connectivity index (χ1n) is 13.8. The molecule has 2 aromatic rings. The predicted molar refractivity (Wildman–Crippen MR) is 154 cm³/mol. The number of ether oxygens (including phenoxy) is 4. The van der Waals surface area contributed by atoms with Gasteiger partial charge in [0.2, 0.25) is 0 Å². The van der Waals surface area contributed by atoms with Crippen molar-refractivity contribution >= 4 is 12.1 Å². The Kier molecular flexibility index (Phi) is 11.8. The lowest BCUT2D eigenvalue weighted by Gasteiger charge is -2.38. The maximum Gasteiger partial charge on any atom is 0.408 e. The van der Waals surface area contributed by atoms with Gasteiger partial charge in [-0.3, -0.25) is 0 Å². The molecule has 0 saturated carbocycles. The van der Waals surface area contributed by atoms with Crippen molar-refractivity contribution in [2.24, 2.45) is 5.92 Å². The molecule has 1 amide bonds. The van der Waals surface area contributed by atoms with Gasteiger partial charge in [0.1, 0.15) is 23.5 Å². The number of nitrogens with one attached hydrogen (secondary N) is 1. The van der Waals surface area contributed by atoms with E-state index in [0.29, 0.717) is 13.0 Å². The molecule has 0 aliphatic carbocycles. The minimum absolute atomic E-state index is 0.153. The molecule has 1 N–H and O–H groups in total. The topological polar surface area (TPSA) is 83.1 Å². The number of hydrogen-bond acceptors (Lipinski definition) is 6. The van der Waals surface area contributed by atoms with Crippen molar-refractivity contribution in [1.82, 2.24) is 5.32 Å². The first-order valence-corrected chi connectivity index (χ1v) is 13.8. The number of alkyl carbamates (subject to hydrolysis) is 1. The van der Waals surface area contributed by atoms with Gasteiger partial charge in [-0.25, -0.2) is 9.59 Å². The average molecular weight is 542 g/mol. The molecule has 3 atom stereocenters. The van der Waals surface area contributed by atoms with Gasteiger partial charge < -0.3 is 24.3 Å². The van der Waals surface area contributed by atoms with Crippen molar-refractivity contribution in [3.05, 3.63) is 65.2 Å². The second-order valence-electron chi connectivity index (χ2n) is 11.6. The third kappa shape index (κ3) is 10.6. The predicted octanol–water partition coefficient (Wildman–Crippen LogP) is 6.49. The summed E-state index contributed by atoms with van der Waals surface area (Å²) in [5, 5.41) is 2.57. The number of benzene rings is 2. The molecule has 0 spiro atoms. The van der Waals surface area contributed by atoms with Gasteiger partial charge in [-0.15, -0.1) is 0 Å². The lowest BCUT2D eigenvalue weighted by atomic mass is 9.81. The molecular weight excluding hydrogens is 494 g/mol. The molecule has 0 saturated heterocycles. The van der Waals surface area contributed by atoms with Crippen molar-refractivity contribution in [3.63, 3.8) is 0 Å². The van der Waals surface area contributed by atoms with Gasteiger partial charge in [-0.2, -0.15) is 0 Å². The summed E-state index contributed by atoms with van der Waals surface area (Å²) in [5.74, 6) is 0.158. The average Bonchev–Trinajstić information content (AvgIpc) is 2.85. The van der Waals surface area contributed by atoms with Crippen LogP contribution in [0.2, 0.25) is 0 Å². The Hall–Kier alpha value is -3.06. The molecule has 0 bridgehead atoms. The Balaban J connectivity index is 2.25. The maximum atomic E-state index is 12.9. The van der Waals surface area contributed by atoms with Crippen molar-refractivity contribution in [2.45, 2.75) is 98.0 Å². The standard InChI is InChI=1S/C32H47NO6/c1-10-18-37-32(7,8)27(23(3)38-29(34)22(2)33-30(35)39-31(4,5)6)21-25-16-17-28(36-9)26(20-25)19-24-14-12-11-13-15-24/h11-17,20,22-23,27H,10,18-19,21H2,1-9H3,(H,33,35)/t22-,23-,27-/m0/s1. The second kappa shape index (κ2) is 14.4. The molecular formula is C32H47NO6.